The minimum atomic E-state index is -4.94. The first-order valence-corrected chi connectivity index (χ1v) is 31.1. The van der Waals surface area contributed by atoms with Gasteiger partial charge in [-0.2, -0.15) is 43.9 Å². The molecule has 0 bridgehead atoms. The van der Waals surface area contributed by atoms with Gasteiger partial charge in [-0.1, -0.05) is 162 Å². The van der Waals surface area contributed by atoms with Gasteiger partial charge in [-0.25, -0.2) is 8.78 Å². The van der Waals surface area contributed by atoms with E-state index in [1.54, 1.807) is 0 Å². The van der Waals surface area contributed by atoms with Crippen LogP contribution in [0.3, 0.4) is 0 Å². The van der Waals surface area contributed by atoms with Gasteiger partial charge in [0.05, 0.1) is 11.8 Å². The minimum Gasteiger partial charge on any atom is -0.456 e. The Morgan fingerprint density at radius 3 is 1.13 bits per heavy atom. The summed E-state index contributed by atoms with van der Waals surface area (Å²) in [6, 6.07) is 28.7. The Morgan fingerprint density at radius 1 is 0.437 bits per heavy atom. The van der Waals surface area contributed by atoms with Gasteiger partial charge in [0.1, 0.15) is 34.3 Å². The second-order valence-electron chi connectivity index (χ2n) is 24.4. The highest BCUT2D eigenvalue weighted by Crippen LogP contribution is 2.51. The predicted octanol–water partition coefficient (Wildman–Crippen LogP) is 21.7. The molecule has 0 heterocycles. The summed E-state index contributed by atoms with van der Waals surface area (Å²) in [4.78, 5) is 0. The van der Waals surface area contributed by atoms with Crippen LogP contribution >= 0.6 is 0 Å². The number of unbranched alkanes of at least 4 members (excludes halogenated alkanes) is 2. The number of methoxy groups -OCH3 is 2. The largest absolute Gasteiger partial charge is 0.456 e. The molecule has 0 amide bonds. The molecule has 87 heavy (non-hydrogen) atoms. The van der Waals surface area contributed by atoms with Gasteiger partial charge >= 0.3 is 24.2 Å². The van der Waals surface area contributed by atoms with Crippen molar-refractivity contribution in [3.8, 4) is 11.5 Å². The van der Waals surface area contributed by atoms with Crippen LogP contribution in [0.25, 0.3) is 0 Å². The quantitative estimate of drug-likeness (QED) is 0.0458. The van der Waals surface area contributed by atoms with Crippen molar-refractivity contribution in [2.75, 3.05) is 27.4 Å². The molecule has 6 aromatic carbocycles. The number of benzene rings is 6. The van der Waals surface area contributed by atoms with Crippen LogP contribution in [0.5, 0.6) is 11.5 Å². The Kier molecular flexibility index (Phi) is 23.3. The zero-order valence-electron chi connectivity index (χ0n) is 50.3. The van der Waals surface area contributed by atoms with Crippen LogP contribution in [0.4, 0.5) is 52.7 Å². The molecule has 2 aliphatic carbocycles. The Balaban J connectivity index is 1.20. The molecule has 0 saturated heterocycles. The van der Waals surface area contributed by atoms with Crippen LogP contribution in [-0.2, 0) is 47.0 Å². The molecule has 2 aliphatic rings. The molecular formula is C72H82F12O3. The number of rotatable bonds is 28. The van der Waals surface area contributed by atoms with Gasteiger partial charge in [-0.15, -0.1) is 0 Å². The zero-order valence-corrected chi connectivity index (χ0v) is 50.3. The molecular weight excluding hydrogens is 1140 g/mol. The molecule has 0 N–H and O–H groups in total. The molecule has 15 heteroatoms. The fourth-order valence-corrected chi connectivity index (χ4v) is 13.2. The first-order valence-electron chi connectivity index (χ1n) is 31.1. The van der Waals surface area contributed by atoms with Gasteiger partial charge in [-0.3, -0.25) is 0 Å². The lowest BCUT2D eigenvalue weighted by atomic mass is 9.77. The molecule has 0 radical (unpaired) electrons. The topological polar surface area (TPSA) is 27.7 Å². The van der Waals surface area contributed by atoms with Gasteiger partial charge in [0.2, 0.25) is 0 Å². The fraction of sp³-hybridized carbons (Fsp3) is 0.500. The highest BCUT2D eigenvalue weighted by Gasteiger charge is 2.48. The van der Waals surface area contributed by atoms with Crippen molar-refractivity contribution in [3.05, 3.63) is 200 Å². The maximum absolute atomic E-state index is 18.1. The number of hydrogen-bond donors (Lipinski definition) is 0. The van der Waals surface area contributed by atoms with E-state index in [1.165, 1.54) is 76.3 Å². The summed E-state index contributed by atoms with van der Waals surface area (Å²) in [6.45, 7) is 3.54. The third kappa shape index (κ3) is 16.9. The highest BCUT2D eigenvalue weighted by atomic mass is 19.4. The normalized spacial score (nSPS) is 18.6. The van der Waals surface area contributed by atoms with Crippen LogP contribution in [-0.4, -0.2) is 39.8 Å². The van der Waals surface area contributed by atoms with E-state index in [2.05, 4.69) is 13.8 Å². The second-order valence-corrected chi connectivity index (χ2v) is 24.4. The lowest BCUT2D eigenvalue weighted by molar-refractivity contribution is -0.179. The molecule has 8 rings (SSSR count). The number of ether oxygens (including phenoxy) is 3. The van der Waals surface area contributed by atoms with Crippen LogP contribution in [0.15, 0.2) is 121 Å². The van der Waals surface area contributed by atoms with E-state index in [0.717, 1.165) is 112 Å². The Hall–Kier alpha value is -5.80. The standard InChI is InChI=1S/C72H82F12O3/c1-5-7-13-47-19-27-51(28-20-47)53-31-23-49(24-32-53)43-55-15-9-11-17-61(55)69(75,76)65-63(37-35-57(67(65)73)45-59(39-41-85-3)71(79,80)81)87-64-38-36-58(46-60(40-42-86-4)72(82,83)84)68(74)66(64)70(77,78)62-18-12-10-16-56(62)44-50-25-33-54(34-26-50)52-29-21-48(22-30-52)14-8-6-2/h9-12,15-18,23-26,31-38,47-48,51-52,59-60H,5-8,13-14,19-22,27-30,39-46H2,1-4H3. The SMILES string of the molecule is CCCCC1CCC(c2ccc(Cc3ccccc3C(F)(F)c3c(Oc4ccc(CC(CCOC)C(F)(F)F)c(F)c4C(F)(F)c4ccccc4Cc4ccc(C5CCC(CCCC)CC5)cc4)ccc(CC(CCOC)C(F)(F)F)c3F)cc2)CC1. The molecule has 0 spiro atoms. The molecule has 2 unspecified atom stereocenters. The van der Waals surface area contributed by atoms with E-state index in [1.807, 2.05) is 48.5 Å². The molecule has 2 saturated carbocycles. The smallest absolute Gasteiger partial charge is 0.392 e. The number of alkyl halides is 10. The maximum atomic E-state index is 18.1. The maximum Gasteiger partial charge on any atom is 0.392 e. The van der Waals surface area contributed by atoms with Gasteiger partial charge < -0.3 is 14.2 Å². The summed E-state index contributed by atoms with van der Waals surface area (Å²) < 4.78 is 211. The molecule has 0 aliphatic heterocycles. The van der Waals surface area contributed by atoms with Gasteiger partial charge in [0, 0.05) is 38.6 Å². The van der Waals surface area contributed by atoms with Crippen molar-refractivity contribution >= 4 is 0 Å². The first kappa shape index (κ1) is 67.1. The highest BCUT2D eigenvalue weighted by molar-refractivity contribution is 5.55. The molecule has 2 fully saturated rings. The Morgan fingerprint density at radius 2 is 0.793 bits per heavy atom. The van der Waals surface area contributed by atoms with Crippen LogP contribution in [0.1, 0.15) is 195 Å². The van der Waals surface area contributed by atoms with E-state index in [0.29, 0.717) is 34.8 Å². The van der Waals surface area contributed by atoms with E-state index in [-0.39, 0.29) is 24.0 Å². The summed E-state index contributed by atoms with van der Waals surface area (Å²) in [6.07, 6.45) is 1.98. The Bertz CT molecular complexity index is 2910. The summed E-state index contributed by atoms with van der Waals surface area (Å²) in [5.74, 6) is -17.4. The van der Waals surface area contributed by atoms with Crippen LogP contribution < -0.4 is 4.74 Å². The number of halogens is 12. The van der Waals surface area contributed by atoms with Crippen LogP contribution in [0, 0.1) is 35.3 Å². The van der Waals surface area contributed by atoms with E-state index >= 15 is 26.3 Å². The Labute approximate surface area is 505 Å². The lowest BCUT2D eigenvalue weighted by Gasteiger charge is -2.29. The van der Waals surface area contributed by atoms with Crippen molar-refractivity contribution in [1.82, 2.24) is 0 Å². The predicted molar refractivity (Wildman–Crippen MR) is 318 cm³/mol. The minimum absolute atomic E-state index is 0.00203. The van der Waals surface area contributed by atoms with Crippen molar-refractivity contribution in [3.63, 3.8) is 0 Å². The van der Waals surface area contributed by atoms with Gasteiger partial charge in [0.15, 0.2) is 0 Å². The van der Waals surface area contributed by atoms with E-state index in [4.69, 9.17) is 14.2 Å². The van der Waals surface area contributed by atoms with Crippen molar-refractivity contribution in [2.45, 2.75) is 178 Å². The number of hydrogen-bond acceptors (Lipinski definition) is 3. The molecule has 3 nitrogen and oxygen atoms in total. The van der Waals surface area contributed by atoms with Crippen LogP contribution in [0.2, 0.25) is 0 Å². The van der Waals surface area contributed by atoms with Crippen molar-refractivity contribution in [1.29, 1.82) is 0 Å². The van der Waals surface area contributed by atoms with Crippen molar-refractivity contribution in [2.24, 2.45) is 23.7 Å². The fourth-order valence-electron chi connectivity index (χ4n) is 13.2. The summed E-state index contributed by atoms with van der Waals surface area (Å²) >= 11 is 0. The van der Waals surface area contributed by atoms with E-state index in [9.17, 15) is 26.3 Å². The molecule has 472 valence electrons. The van der Waals surface area contributed by atoms with Gasteiger partial charge in [-0.05, 0) is 170 Å². The average molecular weight is 1220 g/mol. The average Bonchev–Trinajstić information content (AvgIpc) is 0.856. The first-order chi connectivity index (χ1) is 41.6. The lowest BCUT2D eigenvalue weighted by Crippen LogP contribution is -2.28. The monoisotopic (exact) mass is 1220 g/mol. The third-order valence-electron chi connectivity index (χ3n) is 18.4. The summed E-state index contributed by atoms with van der Waals surface area (Å²) in [5.41, 5.74) is -2.90. The van der Waals surface area contributed by atoms with Gasteiger partial charge in [0.25, 0.3) is 0 Å². The molecule has 0 aromatic heterocycles. The molecule has 2 atom stereocenters. The zero-order chi connectivity index (χ0) is 62.5. The second kappa shape index (κ2) is 30.1. The third-order valence-corrected chi connectivity index (χ3v) is 18.4. The van der Waals surface area contributed by atoms with E-state index < -0.39 is 131 Å². The van der Waals surface area contributed by atoms with Crippen molar-refractivity contribution < 1.29 is 66.9 Å². The molecule has 6 aromatic rings. The summed E-state index contributed by atoms with van der Waals surface area (Å²) in [5, 5.41) is 0. The summed E-state index contributed by atoms with van der Waals surface area (Å²) in [7, 11) is 2.34.